The van der Waals surface area contributed by atoms with Crippen LogP contribution in [0.2, 0.25) is 0 Å². The van der Waals surface area contributed by atoms with Crippen LogP contribution in [-0.4, -0.2) is 25.2 Å². The van der Waals surface area contributed by atoms with Crippen LogP contribution in [0.1, 0.15) is 37.8 Å². The lowest BCUT2D eigenvalue weighted by molar-refractivity contribution is -0.117. The highest BCUT2D eigenvalue weighted by Crippen LogP contribution is 2.23. The van der Waals surface area contributed by atoms with Gasteiger partial charge in [0.05, 0.1) is 12.1 Å². The van der Waals surface area contributed by atoms with Crippen LogP contribution >= 0.6 is 0 Å². The van der Waals surface area contributed by atoms with Crippen molar-refractivity contribution in [2.75, 3.05) is 13.2 Å². The minimum Gasteiger partial charge on any atom is -0.488 e. The summed E-state index contributed by atoms with van der Waals surface area (Å²) in [5.41, 5.74) is 0.675. The van der Waals surface area contributed by atoms with Gasteiger partial charge in [-0.1, -0.05) is 12.6 Å². The monoisotopic (exact) mass is 307 g/mol. The van der Waals surface area contributed by atoms with E-state index in [2.05, 4.69) is 11.9 Å². The molecule has 0 saturated carbocycles. The third-order valence-electron chi connectivity index (χ3n) is 3.70. The molecule has 1 aliphatic rings. The third kappa shape index (κ3) is 4.56. The highest BCUT2D eigenvalue weighted by molar-refractivity contribution is 5.87. The maximum Gasteiger partial charge on any atom is 0.243 e. The van der Waals surface area contributed by atoms with Crippen molar-refractivity contribution in [2.24, 2.45) is 0 Å². The molecule has 0 aromatic heterocycles. The van der Waals surface area contributed by atoms with Crippen LogP contribution in [0.3, 0.4) is 0 Å². The van der Waals surface area contributed by atoms with Gasteiger partial charge in [0.2, 0.25) is 5.91 Å². The molecule has 2 atom stereocenters. The molecule has 4 nitrogen and oxygen atoms in total. The van der Waals surface area contributed by atoms with Gasteiger partial charge >= 0.3 is 0 Å². The topological polar surface area (TPSA) is 47.6 Å². The molecule has 2 rings (SSSR count). The Labute approximate surface area is 130 Å². The number of halogens is 1. The predicted octanol–water partition coefficient (Wildman–Crippen LogP) is 3.14. The van der Waals surface area contributed by atoms with Crippen molar-refractivity contribution in [3.8, 4) is 5.75 Å². The Kier molecular flexibility index (Phi) is 5.95. The van der Waals surface area contributed by atoms with Gasteiger partial charge in [0, 0.05) is 6.61 Å². The first-order chi connectivity index (χ1) is 10.6. The lowest BCUT2D eigenvalue weighted by Gasteiger charge is -2.23. The van der Waals surface area contributed by atoms with E-state index >= 15 is 0 Å². The zero-order valence-electron chi connectivity index (χ0n) is 12.8. The minimum atomic E-state index is -0.437. The molecular formula is C17H22FNO3. The van der Waals surface area contributed by atoms with Gasteiger partial charge in [-0.2, -0.15) is 0 Å². The summed E-state index contributed by atoms with van der Waals surface area (Å²) in [6.07, 6.45) is 4.38. The second-order valence-electron chi connectivity index (χ2n) is 5.42. The Morgan fingerprint density at radius 2 is 2.41 bits per heavy atom. The zero-order chi connectivity index (χ0) is 15.9. The standard InChI is InChI=1S/C17H22FNO3/c1-3-17(20)19-12(2)13-7-8-16(15(18)10-13)22-11-14-6-4-5-9-21-14/h3,7-8,10,12,14H,1,4-6,9,11H2,2H3,(H,19,20). The summed E-state index contributed by atoms with van der Waals surface area (Å²) in [6, 6.07) is 4.42. The van der Waals surface area contributed by atoms with E-state index < -0.39 is 5.82 Å². The summed E-state index contributed by atoms with van der Waals surface area (Å²) < 4.78 is 25.1. The van der Waals surface area contributed by atoms with Gasteiger partial charge in [0.15, 0.2) is 11.6 Å². The quantitative estimate of drug-likeness (QED) is 0.821. The van der Waals surface area contributed by atoms with Crippen molar-refractivity contribution >= 4 is 5.91 Å². The molecule has 1 aliphatic heterocycles. The van der Waals surface area contributed by atoms with Crippen LogP contribution in [0.5, 0.6) is 5.75 Å². The van der Waals surface area contributed by atoms with Crippen molar-refractivity contribution < 1.29 is 18.7 Å². The maximum atomic E-state index is 14.1. The van der Waals surface area contributed by atoms with Crippen LogP contribution in [0.15, 0.2) is 30.9 Å². The SMILES string of the molecule is C=CC(=O)NC(C)c1ccc(OCC2CCCCO2)c(F)c1. The maximum absolute atomic E-state index is 14.1. The van der Waals surface area contributed by atoms with E-state index in [1.165, 1.54) is 12.1 Å². The average molecular weight is 307 g/mol. The molecule has 1 saturated heterocycles. The van der Waals surface area contributed by atoms with Crippen molar-refractivity contribution in [1.29, 1.82) is 0 Å². The van der Waals surface area contributed by atoms with E-state index in [0.29, 0.717) is 12.2 Å². The van der Waals surface area contributed by atoms with E-state index in [4.69, 9.17) is 9.47 Å². The highest BCUT2D eigenvalue weighted by Gasteiger charge is 2.16. The Morgan fingerprint density at radius 3 is 3.05 bits per heavy atom. The number of benzene rings is 1. The van der Waals surface area contributed by atoms with Gasteiger partial charge in [-0.25, -0.2) is 4.39 Å². The molecule has 1 fully saturated rings. The van der Waals surface area contributed by atoms with Crippen LogP contribution in [0.25, 0.3) is 0 Å². The molecule has 120 valence electrons. The molecule has 1 N–H and O–H groups in total. The van der Waals surface area contributed by atoms with Gasteiger partial charge in [-0.3, -0.25) is 4.79 Å². The first-order valence-electron chi connectivity index (χ1n) is 7.57. The smallest absolute Gasteiger partial charge is 0.243 e. The average Bonchev–Trinajstić information content (AvgIpc) is 2.54. The number of rotatable bonds is 6. The minimum absolute atomic E-state index is 0.0404. The highest BCUT2D eigenvalue weighted by atomic mass is 19.1. The number of hydrogen-bond acceptors (Lipinski definition) is 3. The van der Waals surface area contributed by atoms with E-state index in [0.717, 1.165) is 25.9 Å². The first-order valence-corrected chi connectivity index (χ1v) is 7.57. The van der Waals surface area contributed by atoms with Crippen LogP contribution < -0.4 is 10.1 Å². The van der Waals surface area contributed by atoms with Gasteiger partial charge in [-0.05, 0) is 50.0 Å². The summed E-state index contributed by atoms with van der Waals surface area (Å²) in [7, 11) is 0. The number of ether oxygens (including phenoxy) is 2. The van der Waals surface area contributed by atoms with Crippen LogP contribution in [0.4, 0.5) is 4.39 Å². The fraction of sp³-hybridized carbons (Fsp3) is 0.471. The summed E-state index contributed by atoms with van der Waals surface area (Å²) in [5.74, 6) is -0.518. The Bertz CT molecular complexity index is 527. The molecule has 0 aliphatic carbocycles. The molecule has 22 heavy (non-hydrogen) atoms. The predicted molar refractivity (Wildman–Crippen MR) is 82.2 cm³/mol. The molecule has 1 heterocycles. The lowest BCUT2D eigenvalue weighted by Crippen LogP contribution is -2.26. The summed E-state index contributed by atoms with van der Waals surface area (Å²) in [5, 5.41) is 2.69. The van der Waals surface area contributed by atoms with E-state index in [1.54, 1.807) is 19.1 Å². The molecule has 2 unspecified atom stereocenters. The molecular weight excluding hydrogens is 285 g/mol. The van der Waals surface area contributed by atoms with Crippen molar-refractivity contribution in [2.45, 2.75) is 38.3 Å². The van der Waals surface area contributed by atoms with Crippen molar-refractivity contribution in [1.82, 2.24) is 5.32 Å². The Balaban J connectivity index is 1.93. The van der Waals surface area contributed by atoms with Crippen LogP contribution in [0, 0.1) is 5.82 Å². The first kappa shape index (κ1) is 16.5. The van der Waals surface area contributed by atoms with E-state index in [-0.39, 0.29) is 23.8 Å². The number of carbonyl (C=O) groups is 1. The number of carbonyl (C=O) groups excluding carboxylic acids is 1. The van der Waals surface area contributed by atoms with Gasteiger partial charge in [-0.15, -0.1) is 0 Å². The van der Waals surface area contributed by atoms with Crippen LogP contribution in [-0.2, 0) is 9.53 Å². The van der Waals surface area contributed by atoms with Gasteiger partial charge in [0.25, 0.3) is 0 Å². The molecule has 1 amide bonds. The Morgan fingerprint density at radius 1 is 1.59 bits per heavy atom. The second kappa shape index (κ2) is 7.94. The summed E-state index contributed by atoms with van der Waals surface area (Å²) >= 11 is 0. The molecule has 5 heteroatoms. The second-order valence-corrected chi connectivity index (χ2v) is 5.42. The largest absolute Gasteiger partial charge is 0.488 e. The molecule has 1 aromatic rings. The summed E-state index contributed by atoms with van der Waals surface area (Å²) in [6.45, 7) is 6.28. The van der Waals surface area contributed by atoms with Crippen molar-refractivity contribution in [3.05, 3.63) is 42.2 Å². The fourth-order valence-electron chi connectivity index (χ4n) is 2.38. The molecule has 1 aromatic carbocycles. The van der Waals surface area contributed by atoms with Gasteiger partial charge in [0.1, 0.15) is 6.61 Å². The fourth-order valence-corrected chi connectivity index (χ4v) is 2.38. The Hall–Kier alpha value is -1.88. The third-order valence-corrected chi connectivity index (χ3v) is 3.70. The lowest BCUT2D eigenvalue weighted by atomic mass is 10.1. The molecule has 0 bridgehead atoms. The number of hydrogen-bond donors (Lipinski definition) is 1. The van der Waals surface area contributed by atoms with Crippen molar-refractivity contribution in [3.63, 3.8) is 0 Å². The number of amides is 1. The molecule has 0 radical (unpaired) electrons. The normalized spacial score (nSPS) is 19.3. The molecule has 0 spiro atoms. The summed E-state index contributed by atoms with van der Waals surface area (Å²) in [4.78, 5) is 11.3. The van der Waals surface area contributed by atoms with E-state index in [9.17, 15) is 9.18 Å². The van der Waals surface area contributed by atoms with Gasteiger partial charge < -0.3 is 14.8 Å². The zero-order valence-corrected chi connectivity index (χ0v) is 12.8. The van der Waals surface area contributed by atoms with E-state index in [1.807, 2.05) is 0 Å². The number of nitrogens with one attached hydrogen (secondary N) is 1.